The number of ether oxygens (including phenoxy) is 2. The van der Waals surface area contributed by atoms with Gasteiger partial charge >= 0.3 is 0 Å². The van der Waals surface area contributed by atoms with Gasteiger partial charge in [0, 0.05) is 6.54 Å². The SMILES string of the molecule is COc1ccc(CNC(=O)/C(C#N)=C\c2ccc(OCc3cccc(C)c3)c(I)c2)cc1. The molecule has 32 heavy (non-hydrogen) atoms. The topological polar surface area (TPSA) is 71.3 Å². The summed E-state index contributed by atoms with van der Waals surface area (Å²) in [6, 6.07) is 23.1. The molecular weight excluding hydrogens is 515 g/mol. The molecule has 0 unspecified atom stereocenters. The van der Waals surface area contributed by atoms with Gasteiger partial charge in [0.15, 0.2) is 0 Å². The minimum absolute atomic E-state index is 0.0442. The molecule has 0 bridgehead atoms. The van der Waals surface area contributed by atoms with Crippen LogP contribution in [-0.2, 0) is 17.9 Å². The normalized spacial score (nSPS) is 10.9. The number of halogens is 1. The van der Waals surface area contributed by atoms with Gasteiger partial charge in [0.2, 0.25) is 0 Å². The van der Waals surface area contributed by atoms with Crippen LogP contribution in [0.1, 0.15) is 22.3 Å². The second-order valence-electron chi connectivity index (χ2n) is 7.17. The summed E-state index contributed by atoms with van der Waals surface area (Å²) in [7, 11) is 1.60. The van der Waals surface area contributed by atoms with Gasteiger partial charge in [0.1, 0.15) is 29.7 Å². The van der Waals surface area contributed by atoms with Gasteiger partial charge in [-0.15, -0.1) is 0 Å². The van der Waals surface area contributed by atoms with Gasteiger partial charge in [0.25, 0.3) is 5.91 Å². The van der Waals surface area contributed by atoms with Crippen LogP contribution in [0.3, 0.4) is 0 Å². The maximum atomic E-state index is 12.5. The fourth-order valence-corrected chi connectivity index (χ4v) is 3.72. The molecule has 0 saturated heterocycles. The zero-order valence-electron chi connectivity index (χ0n) is 17.9. The lowest BCUT2D eigenvalue weighted by molar-refractivity contribution is -0.117. The van der Waals surface area contributed by atoms with Crippen LogP contribution in [0.2, 0.25) is 0 Å². The van der Waals surface area contributed by atoms with Crippen molar-refractivity contribution >= 4 is 34.6 Å². The lowest BCUT2D eigenvalue weighted by atomic mass is 10.1. The Balaban J connectivity index is 1.63. The summed E-state index contributed by atoms with van der Waals surface area (Å²) in [5, 5.41) is 12.2. The number of nitrogens with one attached hydrogen (secondary N) is 1. The average molecular weight is 538 g/mol. The molecule has 0 atom stereocenters. The van der Waals surface area contributed by atoms with Crippen molar-refractivity contribution < 1.29 is 14.3 Å². The van der Waals surface area contributed by atoms with Gasteiger partial charge < -0.3 is 14.8 Å². The molecule has 0 fully saturated rings. The minimum Gasteiger partial charge on any atom is -0.497 e. The standard InChI is InChI=1S/C26H23IN2O3/c1-18-4-3-5-21(12-18)17-32-25-11-8-20(14-24(25)27)13-22(15-28)26(30)29-16-19-6-9-23(31-2)10-7-19/h3-14H,16-17H2,1-2H3,(H,29,30)/b22-13-. The Morgan fingerprint density at radius 2 is 1.88 bits per heavy atom. The first-order valence-electron chi connectivity index (χ1n) is 9.99. The number of benzene rings is 3. The molecule has 162 valence electrons. The van der Waals surface area contributed by atoms with E-state index in [0.717, 1.165) is 31.8 Å². The minimum atomic E-state index is -0.418. The predicted molar refractivity (Wildman–Crippen MR) is 133 cm³/mol. The van der Waals surface area contributed by atoms with Gasteiger partial charge in [0.05, 0.1) is 10.7 Å². The summed E-state index contributed by atoms with van der Waals surface area (Å²) in [5.41, 5.74) is 4.01. The van der Waals surface area contributed by atoms with E-state index in [0.29, 0.717) is 13.2 Å². The molecule has 0 aliphatic rings. The van der Waals surface area contributed by atoms with E-state index in [2.05, 4.69) is 34.0 Å². The molecule has 0 aliphatic carbocycles. The summed E-state index contributed by atoms with van der Waals surface area (Å²) < 4.78 is 12.0. The van der Waals surface area contributed by atoms with Crippen molar-refractivity contribution in [1.29, 1.82) is 5.26 Å². The van der Waals surface area contributed by atoms with E-state index in [1.165, 1.54) is 5.56 Å². The molecular formula is C26H23IN2O3. The van der Waals surface area contributed by atoms with Crippen LogP contribution < -0.4 is 14.8 Å². The smallest absolute Gasteiger partial charge is 0.262 e. The molecule has 0 heterocycles. The summed E-state index contributed by atoms with van der Waals surface area (Å²) in [6.45, 7) is 2.85. The Morgan fingerprint density at radius 1 is 1.09 bits per heavy atom. The van der Waals surface area contributed by atoms with Gasteiger partial charge in [-0.25, -0.2) is 0 Å². The van der Waals surface area contributed by atoms with Gasteiger partial charge in [-0.2, -0.15) is 5.26 Å². The van der Waals surface area contributed by atoms with E-state index in [-0.39, 0.29) is 5.57 Å². The van der Waals surface area contributed by atoms with Gasteiger partial charge in [-0.3, -0.25) is 4.79 Å². The summed E-state index contributed by atoms with van der Waals surface area (Å²) in [4.78, 5) is 12.5. The zero-order chi connectivity index (χ0) is 22.9. The molecule has 0 aromatic heterocycles. The van der Waals surface area contributed by atoms with E-state index in [1.807, 2.05) is 73.7 Å². The van der Waals surface area contributed by atoms with Crippen LogP contribution in [0, 0.1) is 21.8 Å². The Labute approximate surface area is 201 Å². The maximum absolute atomic E-state index is 12.5. The molecule has 3 rings (SSSR count). The number of carbonyl (C=O) groups is 1. The highest BCUT2D eigenvalue weighted by Gasteiger charge is 2.10. The predicted octanol–water partition coefficient (Wildman–Crippen LogP) is 5.41. The van der Waals surface area contributed by atoms with Crippen molar-refractivity contribution in [1.82, 2.24) is 5.32 Å². The Morgan fingerprint density at radius 3 is 2.53 bits per heavy atom. The number of hydrogen-bond acceptors (Lipinski definition) is 4. The van der Waals surface area contributed by atoms with E-state index in [9.17, 15) is 10.1 Å². The van der Waals surface area contributed by atoms with Crippen molar-refractivity contribution in [2.75, 3.05) is 7.11 Å². The second-order valence-corrected chi connectivity index (χ2v) is 8.33. The molecule has 1 amide bonds. The van der Waals surface area contributed by atoms with Crippen LogP contribution >= 0.6 is 22.6 Å². The van der Waals surface area contributed by atoms with E-state index in [4.69, 9.17) is 9.47 Å². The van der Waals surface area contributed by atoms with E-state index in [1.54, 1.807) is 13.2 Å². The molecule has 0 radical (unpaired) electrons. The maximum Gasteiger partial charge on any atom is 0.262 e. The lowest BCUT2D eigenvalue weighted by Crippen LogP contribution is -2.23. The molecule has 5 nitrogen and oxygen atoms in total. The number of carbonyl (C=O) groups excluding carboxylic acids is 1. The summed E-state index contributed by atoms with van der Waals surface area (Å²) >= 11 is 2.19. The van der Waals surface area contributed by atoms with Gasteiger partial charge in [-0.05, 0) is 76.5 Å². The first kappa shape index (κ1) is 23.4. The molecule has 6 heteroatoms. The monoisotopic (exact) mass is 538 g/mol. The number of methoxy groups -OCH3 is 1. The average Bonchev–Trinajstić information content (AvgIpc) is 2.80. The van der Waals surface area contributed by atoms with Crippen molar-refractivity contribution in [3.8, 4) is 17.6 Å². The Hall–Kier alpha value is -3.31. The molecule has 3 aromatic rings. The summed E-state index contributed by atoms with van der Waals surface area (Å²) in [6.07, 6.45) is 1.58. The molecule has 1 N–H and O–H groups in total. The highest BCUT2D eigenvalue weighted by molar-refractivity contribution is 14.1. The fourth-order valence-electron chi connectivity index (χ4n) is 3.02. The third-order valence-corrected chi connectivity index (χ3v) is 5.56. The van der Waals surface area contributed by atoms with Gasteiger partial charge in [-0.1, -0.05) is 48.0 Å². The van der Waals surface area contributed by atoms with Crippen LogP contribution in [0.15, 0.2) is 72.3 Å². The number of amides is 1. The molecule has 0 saturated carbocycles. The highest BCUT2D eigenvalue weighted by Crippen LogP contribution is 2.24. The summed E-state index contributed by atoms with van der Waals surface area (Å²) in [5.74, 6) is 1.09. The van der Waals surface area contributed by atoms with Crippen LogP contribution in [0.5, 0.6) is 11.5 Å². The van der Waals surface area contributed by atoms with E-state index < -0.39 is 5.91 Å². The Bertz CT molecular complexity index is 1160. The number of rotatable bonds is 8. The van der Waals surface area contributed by atoms with E-state index >= 15 is 0 Å². The number of nitrogens with zero attached hydrogens (tertiary/aromatic N) is 1. The first-order valence-corrected chi connectivity index (χ1v) is 11.1. The number of aryl methyl sites for hydroxylation is 1. The molecule has 0 aliphatic heterocycles. The Kier molecular flexibility index (Phi) is 8.28. The first-order chi connectivity index (χ1) is 15.5. The fraction of sp³-hybridized carbons (Fsp3) is 0.154. The molecule has 0 spiro atoms. The highest BCUT2D eigenvalue weighted by atomic mass is 127. The van der Waals surface area contributed by atoms with Crippen LogP contribution in [-0.4, -0.2) is 13.0 Å². The van der Waals surface area contributed by atoms with Crippen molar-refractivity contribution in [3.63, 3.8) is 0 Å². The third-order valence-electron chi connectivity index (χ3n) is 4.72. The van der Waals surface area contributed by atoms with Crippen LogP contribution in [0.4, 0.5) is 0 Å². The third kappa shape index (κ3) is 6.59. The number of nitriles is 1. The zero-order valence-corrected chi connectivity index (χ0v) is 20.0. The number of hydrogen-bond donors (Lipinski definition) is 1. The quantitative estimate of drug-likeness (QED) is 0.237. The van der Waals surface area contributed by atoms with Crippen molar-refractivity contribution in [2.45, 2.75) is 20.1 Å². The second kappa shape index (κ2) is 11.3. The molecule has 3 aromatic carbocycles. The van der Waals surface area contributed by atoms with Crippen molar-refractivity contribution in [3.05, 3.63) is 98.1 Å². The lowest BCUT2D eigenvalue weighted by Gasteiger charge is -2.10. The van der Waals surface area contributed by atoms with Crippen molar-refractivity contribution in [2.24, 2.45) is 0 Å². The largest absolute Gasteiger partial charge is 0.497 e. The van der Waals surface area contributed by atoms with Crippen LogP contribution in [0.25, 0.3) is 6.08 Å².